The SMILES string of the molecule is CN=C(NCCCCSC)NCC(C)(C)c1ccc(OC)c(OC)c1. The van der Waals surface area contributed by atoms with E-state index in [1.54, 1.807) is 21.3 Å². The maximum absolute atomic E-state index is 5.42. The molecule has 1 aromatic rings. The number of rotatable bonds is 10. The third-order valence-corrected chi connectivity index (χ3v) is 4.85. The molecule has 1 rings (SSSR count). The normalized spacial score (nSPS) is 12.0. The maximum Gasteiger partial charge on any atom is 0.191 e. The Kier molecular flexibility index (Phi) is 9.57. The number of aliphatic imine (C=N–C) groups is 1. The van der Waals surface area contributed by atoms with Gasteiger partial charge in [-0.1, -0.05) is 19.9 Å². The van der Waals surface area contributed by atoms with E-state index in [1.165, 1.54) is 17.7 Å². The predicted molar refractivity (Wildman–Crippen MR) is 110 cm³/mol. The van der Waals surface area contributed by atoms with Gasteiger partial charge in [0.05, 0.1) is 14.2 Å². The van der Waals surface area contributed by atoms with E-state index in [1.807, 2.05) is 23.9 Å². The van der Waals surface area contributed by atoms with Crippen molar-refractivity contribution in [2.75, 3.05) is 46.4 Å². The van der Waals surface area contributed by atoms with Crippen LogP contribution in [0, 0.1) is 0 Å². The number of methoxy groups -OCH3 is 2. The van der Waals surface area contributed by atoms with Gasteiger partial charge in [-0.25, -0.2) is 0 Å². The highest BCUT2D eigenvalue weighted by Crippen LogP contribution is 2.32. The van der Waals surface area contributed by atoms with Crippen LogP contribution in [-0.2, 0) is 5.41 Å². The van der Waals surface area contributed by atoms with Crippen LogP contribution in [0.15, 0.2) is 23.2 Å². The van der Waals surface area contributed by atoms with Crippen molar-refractivity contribution in [3.63, 3.8) is 0 Å². The number of hydrogen-bond donors (Lipinski definition) is 2. The van der Waals surface area contributed by atoms with Crippen molar-refractivity contribution < 1.29 is 9.47 Å². The quantitative estimate of drug-likeness (QED) is 0.378. The molecule has 0 atom stereocenters. The Morgan fingerprint density at radius 2 is 1.84 bits per heavy atom. The molecule has 0 saturated heterocycles. The fraction of sp³-hybridized carbons (Fsp3) is 0.632. The second-order valence-corrected chi connectivity index (χ2v) is 7.49. The second-order valence-electron chi connectivity index (χ2n) is 6.51. The van der Waals surface area contributed by atoms with Crippen molar-refractivity contribution in [1.29, 1.82) is 0 Å². The highest BCUT2D eigenvalue weighted by molar-refractivity contribution is 7.98. The largest absolute Gasteiger partial charge is 0.493 e. The first-order valence-electron chi connectivity index (χ1n) is 8.64. The van der Waals surface area contributed by atoms with E-state index in [0.29, 0.717) is 0 Å². The van der Waals surface area contributed by atoms with E-state index < -0.39 is 0 Å². The summed E-state index contributed by atoms with van der Waals surface area (Å²) >= 11 is 1.89. The number of nitrogens with one attached hydrogen (secondary N) is 2. The summed E-state index contributed by atoms with van der Waals surface area (Å²) in [5, 5.41) is 6.80. The van der Waals surface area contributed by atoms with Crippen molar-refractivity contribution in [3.05, 3.63) is 23.8 Å². The molecule has 5 nitrogen and oxygen atoms in total. The van der Waals surface area contributed by atoms with Gasteiger partial charge < -0.3 is 20.1 Å². The molecule has 0 aliphatic rings. The van der Waals surface area contributed by atoms with Crippen LogP contribution in [0.4, 0.5) is 0 Å². The third kappa shape index (κ3) is 7.06. The first-order chi connectivity index (χ1) is 12.0. The first-order valence-corrected chi connectivity index (χ1v) is 10.0. The van der Waals surface area contributed by atoms with Gasteiger partial charge in [0, 0.05) is 25.6 Å². The number of guanidine groups is 1. The molecule has 25 heavy (non-hydrogen) atoms. The van der Waals surface area contributed by atoms with Crippen LogP contribution in [0.5, 0.6) is 11.5 Å². The van der Waals surface area contributed by atoms with E-state index in [0.717, 1.165) is 37.0 Å². The Bertz CT molecular complexity index is 547. The molecule has 1 aromatic carbocycles. The summed E-state index contributed by atoms with van der Waals surface area (Å²) < 4.78 is 10.7. The molecule has 142 valence electrons. The molecule has 0 aliphatic carbocycles. The van der Waals surface area contributed by atoms with E-state index in [-0.39, 0.29) is 5.41 Å². The van der Waals surface area contributed by atoms with Gasteiger partial charge in [0.15, 0.2) is 17.5 Å². The number of nitrogens with zero attached hydrogens (tertiary/aromatic N) is 1. The molecule has 0 radical (unpaired) electrons. The summed E-state index contributed by atoms with van der Waals surface area (Å²) in [5.74, 6) is 3.56. The van der Waals surface area contributed by atoms with Crippen molar-refractivity contribution in [2.45, 2.75) is 32.1 Å². The van der Waals surface area contributed by atoms with E-state index in [4.69, 9.17) is 9.47 Å². The van der Waals surface area contributed by atoms with Crippen molar-refractivity contribution in [2.24, 2.45) is 4.99 Å². The minimum absolute atomic E-state index is 0.0734. The Labute approximate surface area is 157 Å². The predicted octanol–water partition coefficient (Wildman–Crippen LogP) is 3.29. The van der Waals surface area contributed by atoms with Gasteiger partial charge in [-0.3, -0.25) is 4.99 Å². The molecule has 0 fully saturated rings. The highest BCUT2D eigenvalue weighted by atomic mass is 32.2. The molecule has 0 saturated carbocycles. The van der Waals surface area contributed by atoms with Crippen LogP contribution in [0.1, 0.15) is 32.3 Å². The molecule has 0 amide bonds. The Hall–Kier alpha value is -1.56. The van der Waals surface area contributed by atoms with E-state index >= 15 is 0 Å². The van der Waals surface area contributed by atoms with E-state index in [2.05, 4.69) is 41.8 Å². The first kappa shape index (κ1) is 21.5. The molecule has 0 spiro atoms. The fourth-order valence-corrected chi connectivity index (χ4v) is 2.96. The molecular formula is C19H33N3O2S. The molecule has 0 bridgehead atoms. The zero-order chi connectivity index (χ0) is 18.7. The lowest BCUT2D eigenvalue weighted by Crippen LogP contribution is -2.43. The smallest absolute Gasteiger partial charge is 0.191 e. The summed E-state index contributed by atoms with van der Waals surface area (Å²) in [6.45, 7) is 6.12. The topological polar surface area (TPSA) is 54.9 Å². The summed E-state index contributed by atoms with van der Waals surface area (Å²) in [7, 11) is 5.12. The number of unbranched alkanes of at least 4 members (excludes halogenated alkanes) is 1. The van der Waals surface area contributed by atoms with Gasteiger partial charge in [-0.2, -0.15) is 11.8 Å². The average molecular weight is 368 g/mol. The molecule has 0 heterocycles. The zero-order valence-corrected chi connectivity index (χ0v) is 17.3. The number of hydrogen-bond acceptors (Lipinski definition) is 4. The van der Waals surface area contributed by atoms with Gasteiger partial charge in [0.25, 0.3) is 0 Å². The summed E-state index contributed by atoms with van der Waals surface area (Å²) in [6.07, 6.45) is 4.52. The third-order valence-electron chi connectivity index (χ3n) is 4.15. The minimum atomic E-state index is -0.0734. The molecule has 6 heteroatoms. The van der Waals surface area contributed by atoms with Crippen molar-refractivity contribution >= 4 is 17.7 Å². The summed E-state index contributed by atoms with van der Waals surface area (Å²) in [5.41, 5.74) is 1.11. The lowest BCUT2D eigenvalue weighted by Gasteiger charge is -2.27. The monoisotopic (exact) mass is 367 g/mol. The van der Waals surface area contributed by atoms with E-state index in [9.17, 15) is 0 Å². The second kappa shape index (κ2) is 11.1. The number of benzene rings is 1. The highest BCUT2D eigenvalue weighted by Gasteiger charge is 2.22. The van der Waals surface area contributed by atoms with Gasteiger partial charge in [-0.15, -0.1) is 0 Å². The molecule has 0 aliphatic heterocycles. The lowest BCUT2D eigenvalue weighted by atomic mass is 9.84. The summed E-state index contributed by atoms with van der Waals surface area (Å²) in [6, 6.07) is 6.08. The fourth-order valence-electron chi connectivity index (χ4n) is 2.46. The standard InChI is InChI=1S/C19H33N3O2S/c1-19(2,15-9-10-16(23-4)17(13-15)24-5)14-22-18(20-3)21-11-7-8-12-25-6/h9-10,13H,7-8,11-12,14H2,1-6H3,(H2,20,21,22). The Morgan fingerprint density at radius 3 is 2.44 bits per heavy atom. The average Bonchev–Trinajstić information content (AvgIpc) is 2.63. The van der Waals surface area contributed by atoms with Gasteiger partial charge >= 0.3 is 0 Å². The molecule has 2 N–H and O–H groups in total. The number of thioether (sulfide) groups is 1. The number of ether oxygens (including phenoxy) is 2. The Morgan fingerprint density at radius 1 is 1.12 bits per heavy atom. The van der Waals surface area contributed by atoms with Gasteiger partial charge in [0.2, 0.25) is 0 Å². The molecule has 0 aromatic heterocycles. The lowest BCUT2D eigenvalue weighted by molar-refractivity contribution is 0.353. The molecule has 0 unspecified atom stereocenters. The minimum Gasteiger partial charge on any atom is -0.493 e. The van der Waals surface area contributed by atoms with Crippen LogP contribution >= 0.6 is 11.8 Å². The van der Waals surface area contributed by atoms with Crippen LogP contribution in [-0.4, -0.2) is 52.3 Å². The van der Waals surface area contributed by atoms with Gasteiger partial charge in [0.1, 0.15) is 0 Å². The zero-order valence-electron chi connectivity index (χ0n) is 16.4. The van der Waals surface area contributed by atoms with Gasteiger partial charge in [-0.05, 0) is 42.5 Å². The van der Waals surface area contributed by atoms with Crippen molar-refractivity contribution in [1.82, 2.24) is 10.6 Å². The Balaban J connectivity index is 2.61. The maximum atomic E-state index is 5.42. The van der Waals surface area contributed by atoms with Crippen molar-refractivity contribution in [3.8, 4) is 11.5 Å². The van der Waals surface area contributed by atoms with Crippen LogP contribution in [0.3, 0.4) is 0 Å². The van der Waals surface area contributed by atoms with Crippen LogP contribution < -0.4 is 20.1 Å². The summed E-state index contributed by atoms with van der Waals surface area (Å²) in [4.78, 5) is 4.31. The van der Waals surface area contributed by atoms with Crippen LogP contribution in [0.2, 0.25) is 0 Å². The van der Waals surface area contributed by atoms with Crippen LogP contribution in [0.25, 0.3) is 0 Å². The molecular weight excluding hydrogens is 334 g/mol.